The first-order valence-corrected chi connectivity index (χ1v) is 6.69. The predicted molar refractivity (Wildman–Crippen MR) is 68.2 cm³/mol. The fraction of sp³-hybridized carbons (Fsp3) is 0.833. The van der Waals surface area contributed by atoms with Gasteiger partial charge in [-0.25, -0.2) is 0 Å². The van der Waals surface area contributed by atoms with Crippen LogP contribution in [0.5, 0.6) is 0 Å². The first kappa shape index (κ1) is 11.8. The molecule has 0 atom stereocenters. The van der Waals surface area contributed by atoms with Crippen LogP contribution in [0.1, 0.15) is 64.7 Å². The Morgan fingerprint density at radius 3 is 2.56 bits per heavy atom. The highest BCUT2D eigenvalue weighted by molar-refractivity contribution is 7.71. The fourth-order valence-corrected chi connectivity index (χ4v) is 3.29. The van der Waals surface area contributed by atoms with Crippen molar-refractivity contribution in [2.24, 2.45) is 0 Å². The lowest BCUT2D eigenvalue weighted by Gasteiger charge is -2.28. The molecule has 3 nitrogen and oxygen atoms in total. The third-order valence-electron chi connectivity index (χ3n) is 3.93. The summed E-state index contributed by atoms with van der Waals surface area (Å²) in [5.41, 5.74) is 0.276. The molecule has 1 heterocycles. The summed E-state index contributed by atoms with van der Waals surface area (Å²) in [5, 5.41) is 7.48. The van der Waals surface area contributed by atoms with Gasteiger partial charge in [-0.3, -0.25) is 5.10 Å². The van der Waals surface area contributed by atoms with Crippen LogP contribution < -0.4 is 0 Å². The Hall–Kier alpha value is -0.640. The lowest BCUT2D eigenvalue weighted by Crippen LogP contribution is -2.27. The second kappa shape index (κ2) is 4.32. The molecule has 0 saturated heterocycles. The SMILES string of the molecule is CCC1(c2n[nH]c(=S)n2C(C)C)CCCC1. The molecule has 0 spiro atoms. The van der Waals surface area contributed by atoms with Crippen LogP contribution in [-0.2, 0) is 5.41 Å². The van der Waals surface area contributed by atoms with E-state index in [1.165, 1.54) is 37.9 Å². The smallest absolute Gasteiger partial charge is 0.195 e. The maximum Gasteiger partial charge on any atom is 0.195 e. The minimum Gasteiger partial charge on any atom is -0.301 e. The van der Waals surface area contributed by atoms with E-state index in [0.29, 0.717) is 6.04 Å². The van der Waals surface area contributed by atoms with Crippen molar-refractivity contribution in [1.29, 1.82) is 0 Å². The van der Waals surface area contributed by atoms with Crippen molar-refractivity contribution < 1.29 is 0 Å². The highest BCUT2D eigenvalue weighted by Gasteiger charge is 2.38. The Morgan fingerprint density at radius 1 is 1.44 bits per heavy atom. The molecule has 1 aromatic heterocycles. The van der Waals surface area contributed by atoms with Gasteiger partial charge in [-0.2, -0.15) is 5.10 Å². The minimum atomic E-state index is 0.276. The van der Waals surface area contributed by atoms with E-state index in [-0.39, 0.29) is 5.41 Å². The van der Waals surface area contributed by atoms with E-state index in [2.05, 4.69) is 35.5 Å². The number of H-pyrrole nitrogens is 1. The Morgan fingerprint density at radius 2 is 2.06 bits per heavy atom. The molecule has 0 amide bonds. The van der Waals surface area contributed by atoms with Gasteiger partial charge in [0.05, 0.1) is 0 Å². The molecule has 16 heavy (non-hydrogen) atoms. The lowest BCUT2D eigenvalue weighted by atomic mass is 9.82. The minimum absolute atomic E-state index is 0.276. The molecule has 0 radical (unpaired) electrons. The van der Waals surface area contributed by atoms with Gasteiger partial charge in [-0.15, -0.1) is 0 Å². The maximum atomic E-state index is 5.33. The summed E-state index contributed by atoms with van der Waals surface area (Å²) >= 11 is 5.33. The average molecular weight is 239 g/mol. The average Bonchev–Trinajstić information content (AvgIpc) is 2.84. The molecule has 4 heteroatoms. The number of hydrogen-bond donors (Lipinski definition) is 1. The number of nitrogens with zero attached hydrogens (tertiary/aromatic N) is 2. The Kier molecular flexibility index (Phi) is 3.19. The Labute approximate surface area is 102 Å². The van der Waals surface area contributed by atoms with Crippen LogP contribution in [0.25, 0.3) is 0 Å². The summed E-state index contributed by atoms with van der Waals surface area (Å²) in [7, 11) is 0. The van der Waals surface area contributed by atoms with Crippen molar-refractivity contribution in [3.05, 3.63) is 10.6 Å². The summed E-state index contributed by atoms with van der Waals surface area (Å²) < 4.78 is 2.97. The normalized spacial score (nSPS) is 19.5. The van der Waals surface area contributed by atoms with Crippen LogP contribution in [0.2, 0.25) is 0 Å². The van der Waals surface area contributed by atoms with Crippen molar-refractivity contribution in [2.45, 2.75) is 64.3 Å². The van der Waals surface area contributed by atoms with Gasteiger partial charge < -0.3 is 4.57 Å². The highest BCUT2D eigenvalue weighted by atomic mass is 32.1. The van der Waals surface area contributed by atoms with Crippen molar-refractivity contribution in [3.63, 3.8) is 0 Å². The van der Waals surface area contributed by atoms with Gasteiger partial charge in [-0.1, -0.05) is 19.8 Å². The Balaban J connectivity index is 2.50. The van der Waals surface area contributed by atoms with E-state index in [0.717, 1.165) is 4.77 Å². The number of rotatable bonds is 3. The standard InChI is InChI=1S/C12H21N3S/c1-4-12(7-5-6-8-12)10-13-14-11(16)15(10)9(2)3/h9H,4-8H2,1-3H3,(H,14,16). The second-order valence-corrected chi connectivity index (χ2v) is 5.54. The van der Waals surface area contributed by atoms with E-state index in [4.69, 9.17) is 12.2 Å². The fourth-order valence-electron chi connectivity index (χ4n) is 2.94. The monoisotopic (exact) mass is 239 g/mol. The molecule has 1 aliphatic rings. The topological polar surface area (TPSA) is 33.6 Å². The number of hydrogen-bond acceptors (Lipinski definition) is 2. The van der Waals surface area contributed by atoms with Gasteiger partial charge in [0.2, 0.25) is 0 Å². The molecular formula is C12H21N3S. The van der Waals surface area contributed by atoms with Crippen LogP contribution in [0.3, 0.4) is 0 Å². The third kappa shape index (κ3) is 1.73. The zero-order chi connectivity index (χ0) is 11.8. The summed E-state index contributed by atoms with van der Waals surface area (Å²) in [6.07, 6.45) is 6.34. The van der Waals surface area contributed by atoms with Crippen molar-refractivity contribution in [1.82, 2.24) is 14.8 Å². The number of aromatic nitrogens is 3. The molecule has 1 N–H and O–H groups in total. The summed E-state index contributed by atoms with van der Waals surface area (Å²) in [5.74, 6) is 1.19. The number of aromatic amines is 1. The van der Waals surface area contributed by atoms with E-state index in [1.54, 1.807) is 0 Å². The molecule has 0 aromatic carbocycles. The zero-order valence-corrected chi connectivity index (χ0v) is 11.2. The molecule has 1 saturated carbocycles. The Bertz CT molecular complexity index is 410. The number of nitrogens with one attached hydrogen (secondary N) is 1. The van der Waals surface area contributed by atoms with Gasteiger partial charge in [0.25, 0.3) is 0 Å². The van der Waals surface area contributed by atoms with Crippen molar-refractivity contribution >= 4 is 12.2 Å². The van der Waals surface area contributed by atoms with E-state index < -0.39 is 0 Å². The first-order valence-electron chi connectivity index (χ1n) is 6.28. The molecule has 1 aromatic rings. The van der Waals surface area contributed by atoms with Crippen molar-refractivity contribution in [3.8, 4) is 0 Å². The van der Waals surface area contributed by atoms with E-state index in [1.807, 2.05) is 0 Å². The van der Waals surface area contributed by atoms with Crippen LogP contribution in [0.15, 0.2) is 0 Å². The summed E-state index contributed by atoms with van der Waals surface area (Å²) in [6.45, 7) is 6.62. The molecular weight excluding hydrogens is 218 g/mol. The van der Waals surface area contributed by atoms with Gasteiger partial charge in [0, 0.05) is 11.5 Å². The highest BCUT2D eigenvalue weighted by Crippen LogP contribution is 2.43. The molecule has 0 unspecified atom stereocenters. The van der Waals surface area contributed by atoms with Gasteiger partial charge in [0.15, 0.2) is 4.77 Å². The molecule has 1 aliphatic carbocycles. The largest absolute Gasteiger partial charge is 0.301 e. The maximum absolute atomic E-state index is 5.33. The van der Waals surface area contributed by atoms with Crippen LogP contribution in [0, 0.1) is 4.77 Å². The summed E-state index contributed by atoms with van der Waals surface area (Å²) in [6, 6.07) is 0.394. The molecule has 90 valence electrons. The van der Waals surface area contributed by atoms with E-state index in [9.17, 15) is 0 Å². The molecule has 2 rings (SSSR count). The van der Waals surface area contributed by atoms with Crippen LogP contribution in [0.4, 0.5) is 0 Å². The summed E-state index contributed by atoms with van der Waals surface area (Å²) in [4.78, 5) is 0. The second-order valence-electron chi connectivity index (χ2n) is 5.16. The van der Waals surface area contributed by atoms with Crippen molar-refractivity contribution in [2.75, 3.05) is 0 Å². The molecule has 1 fully saturated rings. The molecule has 0 bridgehead atoms. The van der Waals surface area contributed by atoms with Gasteiger partial charge in [-0.05, 0) is 45.3 Å². The zero-order valence-electron chi connectivity index (χ0n) is 10.4. The quantitative estimate of drug-likeness (QED) is 0.815. The van der Waals surface area contributed by atoms with Crippen LogP contribution in [-0.4, -0.2) is 14.8 Å². The predicted octanol–water partition coefficient (Wildman–Crippen LogP) is 3.74. The first-order chi connectivity index (χ1) is 7.60. The lowest BCUT2D eigenvalue weighted by molar-refractivity contribution is 0.367. The van der Waals surface area contributed by atoms with Gasteiger partial charge in [0.1, 0.15) is 5.82 Å². The van der Waals surface area contributed by atoms with E-state index >= 15 is 0 Å². The third-order valence-corrected chi connectivity index (χ3v) is 4.22. The van der Waals surface area contributed by atoms with Gasteiger partial charge >= 0.3 is 0 Å². The molecule has 0 aliphatic heterocycles. The van der Waals surface area contributed by atoms with Crippen LogP contribution >= 0.6 is 12.2 Å².